The highest BCUT2D eigenvalue weighted by atomic mass is 19.1. The minimum atomic E-state index is -0.567. The smallest absolute Gasteiger partial charge is 0.123 e. The summed E-state index contributed by atoms with van der Waals surface area (Å²) in [6.07, 6.45) is -0.567. The molecule has 17 heavy (non-hydrogen) atoms. The molecule has 0 aromatic heterocycles. The van der Waals surface area contributed by atoms with Crippen LogP contribution in [-0.4, -0.2) is 30.1 Å². The van der Waals surface area contributed by atoms with E-state index in [-0.39, 0.29) is 11.2 Å². The van der Waals surface area contributed by atoms with E-state index in [2.05, 4.69) is 25.7 Å². The molecule has 0 spiro atoms. The fourth-order valence-corrected chi connectivity index (χ4v) is 1.96. The monoisotopic (exact) mass is 239 g/mol. The zero-order valence-corrected chi connectivity index (χ0v) is 11.1. The maximum absolute atomic E-state index is 12.7. The number of hydrogen-bond acceptors (Lipinski definition) is 2. The summed E-state index contributed by atoms with van der Waals surface area (Å²) in [6.45, 7) is 7.95. The van der Waals surface area contributed by atoms with Gasteiger partial charge in [-0.1, -0.05) is 32.9 Å². The van der Waals surface area contributed by atoms with Gasteiger partial charge in [0.1, 0.15) is 5.82 Å². The summed E-state index contributed by atoms with van der Waals surface area (Å²) in [4.78, 5) is 2.09. The number of likely N-dealkylation sites (N-methyl/N-ethyl adjacent to an activating group) is 1. The van der Waals surface area contributed by atoms with Crippen molar-refractivity contribution in [2.45, 2.75) is 26.9 Å². The van der Waals surface area contributed by atoms with Crippen molar-refractivity contribution in [2.24, 2.45) is 5.41 Å². The van der Waals surface area contributed by atoms with Gasteiger partial charge in [-0.25, -0.2) is 4.39 Å². The van der Waals surface area contributed by atoms with Gasteiger partial charge in [0.2, 0.25) is 0 Å². The van der Waals surface area contributed by atoms with Crippen LogP contribution in [0.15, 0.2) is 24.3 Å². The first-order valence-electron chi connectivity index (χ1n) is 5.90. The molecule has 96 valence electrons. The average Bonchev–Trinajstić information content (AvgIpc) is 2.15. The largest absolute Gasteiger partial charge is 0.387 e. The molecule has 1 rings (SSSR count). The predicted molar refractivity (Wildman–Crippen MR) is 68.3 cm³/mol. The summed E-state index contributed by atoms with van der Waals surface area (Å²) in [6, 6.07) is 6.01. The SMILES string of the molecule is CN(CC(O)c1ccc(F)cc1)CC(C)(C)C. The van der Waals surface area contributed by atoms with Gasteiger partial charge in [0.25, 0.3) is 0 Å². The first-order chi connectivity index (χ1) is 7.78. The summed E-state index contributed by atoms with van der Waals surface area (Å²) in [5.41, 5.74) is 0.962. The second kappa shape index (κ2) is 5.61. The molecule has 0 fully saturated rings. The lowest BCUT2D eigenvalue weighted by Gasteiger charge is -2.28. The summed E-state index contributed by atoms with van der Waals surface area (Å²) >= 11 is 0. The van der Waals surface area contributed by atoms with E-state index in [1.54, 1.807) is 12.1 Å². The van der Waals surface area contributed by atoms with Crippen molar-refractivity contribution in [1.82, 2.24) is 4.90 Å². The predicted octanol–water partition coefficient (Wildman–Crippen LogP) is 2.84. The van der Waals surface area contributed by atoms with E-state index in [1.807, 2.05) is 7.05 Å². The topological polar surface area (TPSA) is 23.5 Å². The minimum Gasteiger partial charge on any atom is -0.387 e. The molecule has 1 unspecified atom stereocenters. The quantitative estimate of drug-likeness (QED) is 0.873. The van der Waals surface area contributed by atoms with Gasteiger partial charge in [-0.2, -0.15) is 0 Å². The second-order valence-electron chi connectivity index (χ2n) is 5.82. The maximum atomic E-state index is 12.7. The van der Waals surface area contributed by atoms with Crippen molar-refractivity contribution in [2.75, 3.05) is 20.1 Å². The Labute approximate surface area is 103 Å². The Morgan fingerprint density at radius 3 is 2.24 bits per heavy atom. The third-order valence-electron chi connectivity index (χ3n) is 2.48. The van der Waals surface area contributed by atoms with Gasteiger partial charge in [0, 0.05) is 13.1 Å². The lowest BCUT2D eigenvalue weighted by Crippen LogP contribution is -2.32. The van der Waals surface area contributed by atoms with Gasteiger partial charge in [0.05, 0.1) is 6.10 Å². The molecule has 0 radical (unpaired) electrons. The molecular formula is C14H22FNO. The number of nitrogens with zero attached hydrogens (tertiary/aromatic N) is 1. The van der Waals surface area contributed by atoms with E-state index in [0.717, 1.165) is 12.1 Å². The van der Waals surface area contributed by atoms with Gasteiger partial charge in [-0.15, -0.1) is 0 Å². The fourth-order valence-electron chi connectivity index (χ4n) is 1.96. The van der Waals surface area contributed by atoms with E-state index in [1.165, 1.54) is 12.1 Å². The van der Waals surface area contributed by atoms with Gasteiger partial charge >= 0.3 is 0 Å². The summed E-state index contributed by atoms with van der Waals surface area (Å²) in [7, 11) is 1.98. The van der Waals surface area contributed by atoms with Crippen molar-refractivity contribution in [3.63, 3.8) is 0 Å². The minimum absolute atomic E-state index is 0.206. The Hall–Kier alpha value is -0.930. The number of rotatable bonds is 4. The molecule has 1 aromatic rings. The van der Waals surface area contributed by atoms with Crippen LogP contribution in [-0.2, 0) is 0 Å². The van der Waals surface area contributed by atoms with E-state index in [0.29, 0.717) is 6.54 Å². The number of halogens is 1. The molecule has 0 bridgehead atoms. The molecule has 1 N–H and O–H groups in total. The first-order valence-corrected chi connectivity index (χ1v) is 5.90. The molecule has 2 nitrogen and oxygen atoms in total. The van der Waals surface area contributed by atoms with Gasteiger partial charge < -0.3 is 10.0 Å². The average molecular weight is 239 g/mol. The Morgan fingerprint density at radius 1 is 1.24 bits per heavy atom. The van der Waals surface area contributed by atoms with E-state index >= 15 is 0 Å². The maximum Gasteiger partial charge on any atom is 0.123 e. The summed E-state index contributed by atoms with van der Waals surface area (Å²) in [5.74, 6) is -0.274. The van der Waals surface area contributed by atoms with Crippen LogP contribution < -0.4 is 0 Å². The molecule has 0 amide bonds. The molecule has 1 aromatic carbocycles. The number of benzene rings is 1. The number of aliphatic hydroxyl groups excluding tert-OH is 1. The van der Waals surface area contributed by atoms with Gasteiger partial charge in [-0.3, -0.25) is 0 Å². The third kappa shape index (κ3) is 5.29. The van der Waals surface area contributed by atoms with E-state index in [9.17, 15) is 9.50 Å². The van der Waals surface area contributed by atoms with Crippen molar-refractivity contribution in [3.8, 4) is 0 Å². The number of hydrogen-bond donors (Lipinski definition) is 1. The molecule has 0 aliphatic heterocycles. The Bertz CT molecular complexity index is 342. The molecule has 3 heteroatoms. The zero-order chi connectivity index (χ0) is 13.1. The Morgan fingerprint density at radius 2 is 1.76 bits per heavy atom. The Balaban J connectivity index is 2.54. The van der Waals surface area contributed by atoms with Crippen LogP contribution in [0.4, 0.5) is 4.39 Å². The van der Waals surface area contributed by atoms with Crippen molar-refractivity contribution < 1.29 is 9.50 Å². The molecular weight excluding hydrogens is 217 g/mol. The molecule has 0 aliphatic carbocycles. The van der Waals surface area contributed by atoms with Crippen LogP contribution in [0.2, 0.25) is 0 Å². The van der Waals surface area contributed by atoms with Gasteiger partial charge in [-0.05, 0) is 30.2 Å². The van der Waals surface area contributed by atoms with Gasteiger partial charge in [0.15, 0.2) is 0 Å². The lowest BCUT2D eigenvalue weighted by molar-refractivity contribution is 0.108. The normalized spacial score (nSPS) is 14.1. The molecule has 1 atom stereocenters. The molecule has 0 saturated heterocycles. The van der Waals surface area contributed by atoms with E-state index in [4.69, 9.17) is 0 Å². The summed E-state index contributed by atoms with van der Waals surface area (Å²) < 4.78 is 12.7. The van der Waals surface area contributed by atoms with Crippen LogP contribution in [0, 0.1) is 11.2 Å². The van der Waals surface area contributed by atoms with Crippen molar-refractivity contribution in [1.29, 1.82) is 0 Å². The Kier molecular flexibility index (Phi) is 4.66. The van der Waals surface area contributed by atoms with E-state index < -0.39 is 6.10 Å². The highest BCUT2D eigenvalue weighted by molar-refractivity contribution is 5.18. The lowest BCUT2D eigenvalue weighted by atomic mass is 9.96. The van der Waals surface area contributed by atoms with Crippen LogP contribution in [0.25, 0.3) is 0 Å². The van der Waals surface area contributed by atoms with Crippen LogP contribution in [0.3, 0.4) is 0 Å². The van der Waals surface area contributed by atoms with Crippen LogP contribution in [0.5, 0.6) is 0 Å². The first kappa shape index (κ1) is 14.1. The zero-order valence-electron chi connectivity index (χ0n) is 11.1. The molecule has 0 aliphatic rings. The van der Waals surface area contributed by atoms with Crippen LogP contribution >= 0.6 is 0 Å². The second-order valence-corrected chi connectivity index (χ2v) is 5.82. The highest BCUT2D eigenvalue weighted by Gasteiger charge is 2.16. The van der Waals surface area contributed by atoms with Crippen molar-refractivity contribution >= 4 is 0 Å². The van der Waals surface area contributed by atoms with Crippen molar-refractivity contribution in [3.05, 3.63) is 35.6 Å². The molecule has 0 saturated carbocycles. The highest BCUT2D eigenvalue weighted by Crippen LogP contribution is 2.18. The van der Waals surface area contributed by atoms with Crippen LogP contribution in [0.1, 0.15) is 32.4 Å². The third-order valence-corrected chi connectivity index (χ3v) is 2.48. The fraction of sp³-hybridized carbons (Fsp3) is 0.571. The standard InChI is InChI=1S/C14H22FNO/c1-14(2,3)10-16(4)9-13(17)11-5-7-12(15)8-6-11/h5-8,13,17H,9-10H2,1-4H3. The number of aliphatic hydroxyl groups is 1. The molecule has 0 heterocycles. The summed E-state index contributed by atoms with van der Waals surface area (Å²) in [5, 5.41) is 10.0.